The van der Waals surface area contributed by atoms with Gasteiger partial charge in [0.2, 0.25) is 0 Å². The molecule has 1 saturated heterocycles. The molecule has 8 heteroatoms. The Balaban J connectivity index is 2.33. The quantitative estimate of drug-likeness (QED) is 0.620. The van der Waals surface area contributed by atoms with Gasteiger partial charge in [-0.25, -0.2) is 4.79 Å². The Morgan fingerprint density at radius 1 is 1.43 bits per heavy atom. The molecule has 1 heterocycles. The van der Waals surface area contributed by atoms with Crippen LogP contribution in [0.1, 0.15) is 22.3 Å². The van der Waals surface area contributed by atoms with E-state index in [1.807, 2.05) is 0 Å². The van der Waals surface area contributed by atoms with Gasteiger partial charge in [-0.1, -0.05) is 6.07 Å². The van der Waals surface area contributed by atoms with E-state index in [4.69, 9.17) is 5.11 Å². The maximum absolute atomic E-state index is 12.3. The Labute approximate surface area is 119 Å². The monoisotopic (exact) mass is 294 g/mol. The minimum atomic E-state index is -1.21. The number of β-amino-alcohol motifs (C(OH)–C–C–N with tert-alkyl or cyclic N) is 1. The average Bonchev–Trinajstić information content (AvgIpc) is 2.80. The van der Waals surface area contributed by atoms with Crippen LogP contribution >= 0.6 is 0 Å². The van der Waals surface area contributed by atoms with Crippen LogP contribution in [0.2, 0.25) is 0 Å². The molecule has 2 N–H and O–H groups in total. The van der Waals surface area contributed by atoms with Crippen molar-refractivity contribution in [3.63, 3.8) is 0 Å². The van der Waals surface area contributed by atoms with Crippen molar-refractivity contribution in [3.8, 4) is 0 Å². The fourth-order valence-electron chi connectivity index (χ4n) is 2.38. The molecule has 1 aromatic carbocycles. The second-order valence-corrected chi connectivity index (χ2v) is 4.96. The molecular formula is C13H14N2O6. The number of rotatable bonds is 3. The summed E-state index contributed by atoms with van der Waals surface area (Å²) in [6, 6.07) is 2.86. The van der Waals surface area contributed by atoms with Gasteiger partial charge in [0.1, 0.15) is 6.04 Å². The van der Waals surface area contributed by atoms with Crippen LogP contribution in [0.15, 0.2) is 18.2 Å². The number of hydrogen-bond acceptors (Lipinski definition) is 5. The number of benzene rings is 1. The van der Waals surface area contributed by atoms with Crippen LogP contribution in [0, 0.1) is 17.0 Å². The molecule has 0 aliphatic carbocycles. The summed E-state index contributed by atoms with van der Waals surface area (Å²) in [5.41, 5.74) is 0.243. The van der Waals surface area contributed by atoms with Crippen LogP contribution in [0.5, 0.6) is 0 Å². The third-order valence-corrected chi connectivity index (χ3v) is 3.48. The Hall–Kier alpha value is -2.48. The van der Waals surface area contributed by atoms with Gasteiger partial charge in [-0.15, -0.1) is 0 Å². The van der Waals surface area contributed by atoms with E-state index in [9.17, 15) is 24.8 Å². The summed E-state index contributed by atoms with van der Waals surface area (Å²) >= 11 is 0. The Kier molecular flexibility index (Phi) is 3.90. The van der Waals surface area contributed by atoms with E-state index in [1.54, 1.807) is 6.92 Å². The molecule has 0 saturated carbocycles. The van der Waals surface area contributed by atoms with E-state index < -0.39 is 28.9 Å². The molecule has 0 spiro atoms. The van der Waals surface area contributed by atoms with E-state index in [1.165, 1.54) is 12.1 Å². The van der Waals surface area contributed by atoms with Crippen LogP contribution in [-0.2, 0) is 4.79 Å². The zero-order chi connectivity index (χ0) is 15.7. The number of aliphatic hydroxyl groups excluding tert-OH is 1. The summed E-state index contributed by atoms with van der Waals surface area (Å²) in [5, 5.41) is 29.5. The number of nitro benzene ring substituents is 1. The summed E-state index contributed by atoms with van der Waals surface area (Å²) < 4.78 is 0. The molecule has 112 valence electrons. The van der Waals surface area contributed by atoms with Crippen LogP contribution in [0.3, 0.4) is 0 Å². The zero-order valence-corrected chi connectivity index (χ0v) is 11.2. The van der Waals surface area contributed by atoms with Crippen molar-refractivity contribution in [1.82, 2.24) is 4.90 Å². The van der Waals surface area contributed by atoms with Gasteiger partial charge in [0.05, 0.1) is 11.0 Å². The van der Waals surface area contributed by atoms with Gasteiger partial charge in [-0.2, -0.15) is 0 Å². The lowest BCUT2D eigenvalue weighted by Gasteiger charge is -2.21. The lowest BCUT2D eigenvalue weighted by molar-refractivity contribution is -0.385. The first-order valence-corrected chi connectivity index (χ1v) is 6.28. The number of carbonyl (C=O) groups is 2. The number of amides is 1. The topological polar surface area (TPSA) is 121 Å². The third kappa shape index (κ3) is 2.84. The molecule has 2 rings (SSSR count). The van der Waals surface area contributed by atoms with Crippen molar-refractivity contribution in [2.45, 2.75) is 25.5 Å². The van der Waals surface area contributed by atoms with Crippen LogP contribution in [-0.4, -0.2) is 50.6 Å². The molecule has 0 radical (unpaired) electrons. The van der Waals surface area contributed by atoms with Gasteiger partial charge in [0.25, 0.3) is 11.6 Å². The SMILES string of the molecule is Cc1ccc(C(=O)N2C[C@@H](O)C[C@H]2C(=O)O)cc1[N+](=O)[O-]. The first kappa shape index (κ1) is 14.9. The lowest BCUT2D eigenvalue weighted by atomic mass is 10.1. The van der Waals surface area contributed by atoms with Gasteiger partial charge in [-0.3, -0.25) is 14.9 Å². The fourth-order valence-corrected chi connectivity index (χ4v) is 2.38. The molecule has 1 fully saturated rings. The van der Waals surface area contributed by atoms with E-state index >= 15 is 0 Å². The second-order valence-electron chi connectivity index (χ2n) is 4.96. The van der Waals surface area contributed by atoms with E-state index in [-0.39, 0.29) is 24.2 Å². The first-order chi connectivity index (χ1) is 9.81. The van der Waals surface area contributed by atoms with E-state index in [0.29, 0.717) is 5.56 Å². The highest BCUT2D eigenvalue weighted by Gasteiger charge is 2.39. The Morgan fingerprint density at radius 3 is 2.67 bits per heavy atom. The van der Waals surface area contributed by atoms with E-state index in [0.717, 1.165) is 11.0 Å². The first-order valence-electron chi connectivity index (χ1n) is 6.28. The summed E-state index contributed by atoms with van der Waals surface area (Å²) in [5.74, 6) is -1.84. The van der Waals surface area contributed by atoms with E-state index in [2.05, 4.69) is 0 Å². The minimum absolute atomic E-state index is 0.0349. The standard InChI is InChI=1S/C13H14N2O6/c1-7-2-3-8(4-10(7)15(20)21)12(17)14-6-9(16)5-11(14)13(18)19/h2-4,9,11,16H,5-6H2,1H3,(H,18,19)/t9-,11-/m0/s1. The largest absolute Gasteiger partial charge is 0.480 e. The van der Waals surface area contributed by atoms with Crippen LogP contribution in [0.25, 0.3) is 0 Å². The predicted molar refractivity (Wildman–Crippen MR) is 70.9 cm³/mol. The number of aliphatic carboxylic acids is 1. The molecule has 21 heavy (non-hydrogen) atoms. The summed E-state index contributed by atoms with van der Waals surface area (Å²) in [6.07, 6.45) is -0.954. The second kappa shape index (κ2) is 5.49. The van der Waals surface area contributed by atoms with Crippen LogP contribution < -0.4 is 0 Å². The summed E-state index contributed by atoms with van der Waals surface area (Å²) in [4.78, 5) is 34.8. The average molecular weight is 294 g/mol. The maximum atomic E-state index is 12.3. The highest BCUT2D eigenvalue weighted by molar-refractivity contribution is 5.97. The molecule has 0 aromatic heterocycles. The van der Waals surface area contributed by atoms with Gasteiger partial charge in [0, 0.05) is 30.2 Å². The van der Waals surface area contributed by atoms with Crippen molar-refractivity contribution < 1.29 is 24.7 Å². The van der Waals surface area contributed by atoms with Gasteiger partial charge in [-0.05, 0) is 13.0 Å². The zero-order valence-electron chi connectivity index (χ0n) is 11.2. The third-order valence-electron chi connectivity index (χ3n) is 3.48. The van der Waals surface area contributed by atoms with Crippen LogP contribution in [0.4, 0.5) is 5.69 Å². The molecule has 1 aromatic rings. The fraction of sp³-hybridized carbons (Fsp3) is 0.385. The smallest absolute Gasteiger partial charge is 0.326 e. The lowest BCUT2D eigenvalue weighted by Crippen LogP contribution is -2.40. The Bertz CT molecular complexity index is 615. The van der Waals surface area contributed by atoms with Crippen molar-refractivity contribution in [2.24, 2.45) is 0 Å². The molecule has 8 nitrogen and oxygen atoms in total. The molecule has 2 atom stereocenters. The minimum Gasteiger partial charge on any atom is -0.480 e. The van der Waals surface area contributed by atoms with Crippen molar-refractivity contribution in [1.29, 1.82) is 0 Å². The highest BCUT2D eigenvalue weighted by Crippen LogP contribution is 2.24. The maximum Gasteiger partial charge on any atom is 0.326 e. The van der Waals surface area contributed by atoms with Gasteiger partial charge < -0.3 is 15.1 Å². The molecule has 0 unspecified atom stereocenters. The molecule has 1 aliphatic heterocycles. The Morgan fingerprint density at radius 2 is 2.10 bits per heavy atom. The summed E-state index contributed by atoms with van der Waals surface area (Å²) in [6.45, 7) is 1.45. The van der Waals surface area contributed by atoms with Crippen molar-refractivity contribution >= 4 is 17.6 Å². The highest BCUT2D eigenvalue weighted by atomic mass is 16.6. The number of carbonyl (C=O) groups excluding carboxylic acids is 1. The van der Waals surface area contributed by atoms with Gasteiger partial charge in [0.15, 0.2) is 0 Å². The molecule has 1 aliphatic rings. The molecule has 0 bridgehead atoms. The van der Waals surface area contributed by atoms with Gasteiger partial charge >= 0.3 is 5.97 Å². The normalized spacial score (nSPS) is 21.3. The number of carboxylic acid groups (broad SMARTS) is 1. The number of carboxylic acids is 1. The number of aryl methyl sites for hydroxylation is 1. The molecule has 1 amide bonds. The summed E-state index contributed by atoms with van der Waals surface area (Å²) in [7, 11) is 0. The van der Waals surface area contributed by atoms with Crippen molar-refractivity contribution in [3.05, 3.63) is 39.4 Å². The number of nitrogens with zero attached hydrogens (tertiary/aromatic N) is 2. The number of hydrogen-bond donors (Lipinski definition) is 2. The predicted octanol–water partition coefficient (Wildman–Crippen LogP) is 0.563. The number of nitro groups is 1. The molecular weight excluding hydrogens is 280 g/mol. The van der Waals surface area contributed by atoms with Crippen molar-refractivity contribution in [2.75, 3.05) is 6.54 Å². The number of aliphatic hydroxyl groups is 1. The number of likely N-dealkylation sites (tertiary alicyclic amines) is 1.